The Morgan fingerprint density at radius 1 is 0.963 bits per heavy atom. The number of aromatic nitrogens is 2. The lowest BCUT2D eigenvalue weighted by Gasteiger charge is -2.20. The summed E-state index contributed by atoms with van der Waals surface area (Å²) < 4.78 is 5.82. The molecule has 138 valence electrons. The molecule has 1 aromatic heterocycles. The van der Waals surface area contributed by atoms with E-state index < -0.39 is 0 Å². The van der Waals surface area contributed by atoms with Crippen LogP contribution in [0.2, 0.25) is 0 Å². The van der Waals surface area contributed by atoms with Crippen molar-refractivity contribution in [2.75, 3.05) is 5.32 Å². The van der Waals surface area contributed by atoms with Crippen LogP contribution < -0.4 is 5.32 Å². The number of hydrogen-bond donors (Lipinski definition) is 1. The van der Waals surface area contributed by atoms with E-state index in [9.17, 15) is 4.79 Å². The molecule has 27 heavy (non-hydrogen) atoms. The summed E-state index contributed by atoms with van der Waals surface area (Å²) in [6.45, 7) is 2.03. The number of amides is 1. The molecule has 0 radical (unpaired) electrons. The van der Waals surface area contributed by atoms with Crippen molar-refractivity contribution in [2.45, 2.75) is 39.0 Å². The second-order valence-corrected chi connectivity index (χ2v) is 7.18. The molecule has 0 unspecified atom stereocenters. The fourth-order valence-corrected chi connectivity index (χ4v) is 3.54. The predicted octanol–water partition coefficient (Wildman–Crippen LogP) is 5.23. The standard InChI is InChI=1S/C22H23N3O2/c1-15-6-5-9-18(14-15)22-25-24-21(27-22)17-10-12-19(13-11-17)23-20(26)16-7-3-2-4-8-16/h5-6,9-14,16H,2-4,7-8H2,1H3,(H,23,26). The normalized spacial score (nSPS) is 14.9. The monoisotopic (exact) mass is 361 g/mol. The largest absolute Gasteiger partial charge is 0.416 e. The number of nitrogens with one attached hydrogen (secondary N) is 1. The van der Waals surface area contributed by atoms with Gasteiger partial charge in [0, 0.05) is 22.7 Å². The lowest BCUT2D eigenvalue weighted by atomic mass is 9.88. The van der Waals surface area contributed by atoms with Crippen molar-refractivity contribution in [3.63, 3.8) is 0 Å². The third-order valence-electron chi connectivity index (χ3n) is 5.07. The summed E-state index contributed by atoms with van der Waals surface area (Å²) in [5.74, 6) is 1.24. The van der Waals surface area contributed by atoms with E-state index in [4.69, 9.17) is 4.42 Å². The number of benzene rings is 2. The topological polar surface area (TPSA) is 68.0 Å². The minimum atomic E-state index is 0.127. The van der Waals surface area contributed by atoms with Crippen LogP contribution in [0.5, 0.6) is 0 Å². The van der Waals surface area contributed by atoms with Crippen molar-refractivity contribution in [2.24, 2.45) is 5.92 Å². The third-order valence-corrected chi connectivity index (χ3v) is 5.07. The molecule has 1 saturated carbocycles. The molecule has 2 aromatic carbocycles. The Bertz CT molecular complexity index is 925. The van der Waals surface area contributed by atoms with Gasteiger partial charge in [0.15, 0.2) is 0 Å². The van der Waals surface area contributed by atoms with Gasteiger partial charge in [-0.05, 0) is 56.2 Å². The van der Waals surface area contributed by atoms with Crippen LogP contribution in [0.25, 0.3) is 22.9 Å². The van der Waals surface area contributed by atoms with Crippen LogP contribution in [0, 0.1) is 12.8 Å². The Balaban J connectivity index is 1.45. The zero-order chi connectivity index (χ0) is 18.6. The summed E-state index contributed by atoms with van der Waals surface area (Å²) in [5, 5.41) is 11.3. The van der Waals surface area contributed by atoms with Crippen molar-refractivity contribution in [3.05, 3.63) is 54.1 Å². The van der Waals surface area contributed by atoms with Crippen molar-refractivity contribution in [1.82, 2.24) is 10.2 Å². The number of hydrogen-bond acceptors (Lipinski definition) is 4. The minimum absolute atomic E-state index is 0.127. The van der Waals surface area contributed by atoms with Gasteiger partial charge < -0.3 is 9.73 Å². The van der Waals surface area contributed by atoms with E-state index in [1.165, 1.54) is 6.42 Å². The molecular weight excluding hydrogens is 338 g/mol. The summed E-state index contributed by atoms with van der Waals surface area (Å²) in [4.78, 5) is 12.4. The van der Waals surface area contributed by atoms with E-state index in [1.54, 1.807) is 0 Å². The average molecular weight is 361 g/mol. The number of carbonyl (C=O) groups excluding carboxylic acids is 1. The maximum Gasteiger partial charge on any atom is 0.248 e. The molecular formula is C22H23N3O2. The van der Waals surface area contributed by atoms with E-state index in [0.29, 0.717) is 11.8 Å². The Kier molecular flexibility index (Phi) is 5.01. The van der Waals surface area contributed by atoms with Crippen molar-refractivity contribution in [1.29, 1.82) is 0 Å². The smallest absolute Gasteiger partial charge is 0.248 e. The lowest BCUT2D eigenvalue weighted by molar-refractivity contribution is -0.120. The maximum absolute atomic E-state index is 12.4. The molecule has 0 aliphatic heterocycles. The van der Waals surface area contributed by atoms with Gasteiger partial charge in [-0.2, -0.15) is 0 Å². The van der Waals surface area contributed by atoms with Crippen LogP contribution in [0.4, 0.5) is 5.69 Å². The van der Waals surface area contributed by atoms with Gasteiger partial charge in [0.05, 0.1) is 0 Å². The maximum atomic E-state index is 12.4. The summed E-state index contributed by atoms with van der Waals surface area (Å²) in [7, 11) is 0. The first-order chi connectivity index (χ1) is 13.2. The summed E-state index contributed by atoms with van der Waals surface area (Å²) >= 11 is 0. The molecule has 1 heterocycles. The Morgan fingerprint density at radius 2 is 1.67 bits per heavy atom. The molecule has 4 rings (SSSR count). The molecule has 0 spiro atoms. The van der Waals surface area contributed by atoms with Gasteiger partial charge in [-0.25, -0.2) is 0 Å². The van der Waals surface area contributed by atoms with Crippen LogP contribution in [0.15, 0.2) is 52.9 Å². The predicted molar refractivity (Wildman–Crippen MR) is 105 cm³/mol. The first-order valence-electron chi connectivity index (χ1n) is 9.51. The van der Waals surface area contributed by atoms with Gasteiger partial charge >= 0.3 is 0 Å². The van der Waals surface area contributed by atoms with Crippen LogP contribution in [0.1, 0.15) is 37.7 Å². The summed E-state index contributed by atoms with van der Waals surface area (Å²) in [5.41, 5.74) is 3.68. The van der Waals surface area contributed by atoms with Crippen molar-refractivity contribution in [3.8, 4) is 22.9 Å². The Hall–Kier alpha value is -2.95. The van der Waals surface area contributed by atoms with Gasteiger partial charge in [0.2, 0.25) is 17.7 Å². The minimum Gasteiger partial charge on any atom is -0.416 e. The number of carbonyl (C=O) groups is 1. The molecule has 1 aliphatic rings. The quantitative estimate of drug-likeness (QED) is 0.691. The highest BCUT2D eigenvalue weighted by atomic mass is 16.4. The second kappa shape index (κ2) is 7.74. The van der Waals surface area contributed by atoms with Crippen molar-refractivity contribution < 1.29 is 9.21 Å². The van der Waals surface area contributed by atoms with Gasteiger partial charge in [-0.15, -0.1) is 10.2 Å². The first-order valence-corrected chi connectivity index (χ1v) is 9.51. The molecule has 3 aromatic rings. The number of rotatable bonds is 4. The van der Waals surface area contributed by atoms with E-state index in [1.807, 2.05) is 55.5 Å². The van der Waals surface area contributed by atoms with Crippen LogP contribution in [-0.2, 0) is 4.79 Å². The van der Waals surface area contributed by atoms with Crippen LogP contribution >= 0.6 is 0 Å². The van der Waals surface area contributed by atoms with Crippen LogP contribution in [-0.4, -0.2) is 16.1 Å². The zero-order valence-electron chi connectivity index (χ0n) is 15.4. The number of nitrogens with zero attached hydrogens (tertiary/aromatic N) is 2. The molecule has 5 heteroatoms. The second-order valence-electron chi connectivity index (χ2n) is 7.18. The van der Waals surface area contributed by atoms with Gasteiger partial charge in [-0.1, -0.05) is 37.0 Å². The van der Waals surface area contributed by atoms with Crippen LogP contribution in [0.3, 0.4) is 0 Å². The van der Waals surface area contributed by atoms with Gasteiger partial charge in [0.25, 0.3) is 0 Å². The SMILES string of the molecule is Cc1cccc(-c2nnc(-c3ccc(NC(=O)C4CCCCC4)cc3)o2)c1. The fourth-order valence-electron chi connectivity index (χ4n) is 3.54. The third kappa shape index (κ3) is 4.08. The number of aryl methyl sites for hydroxylation is 1. The highest BCUT2D eigenvalue weighted by Gasteiger charge is 2.21. The molecule has 0 atom stereocenters. The molecule has 1 fully saturated rings. The average Bonchev–Trinajstić information content (AvgIpc) is 3.19. The molecule has 1 aliphatic carbocycles. The number of anilines is 1. The summed E-state index contributed by atoms with van der Waals surface area (Å²) in [6, 6.07) is 15.5. The molecule has 0 bridgehead atoms. The van der Waals surface area contributed by atoms with E-state index in [-0.39, 0.29) is 11.8 Å². The lowest BCUT2D eigenvalue weighted by Crippen LogP contribution is -2.24. The molecule has 1 amide bonds. The van der Waals surface area contributed by atoms with Crippen molar-refractivity contribution >= 4 is 11.6 Å². The molecule has 0 saturated heterocycles. The highest BCUT2D eigenvalue weighted by molar-refractivity contribution is 5.92. The molecule has 5 nitrogen and oxygen atoms in total. The van der Waals surface area contributed by atoms with Gasteiger partial charge in [0.1, 0.15) is 0 Å². The van der Waals surface area contributed by atoms with E-state index >= 15 is 0 Å². The fraction of sp³-hybridized carbons (Fsp3) is 0.318. The first kappa shape index (κ1) is 17.5. The Morgan fingerprint density at radius 3 is 2.37 bits per heavy atom. The van der Waals surface area contributed by atoms with E-state index in [0.717, 1.165) is 48.1 Å². The highest BCUT2D eigenvalue weighted by Crippen LogP contribution is 2.27. The molecule has 1 N–H and O–H groups in total. The van der Waals surface area contributed by atoms with E-state index in [2.05, 4.69) is 15.5 Å². The zero-order valence-corrected chi connectivity index (χ0v) is 15.4. The Labute approximate surface area is 158 Å². The summed E-state index contributed by atoms with van der Waals surface area (Å²) in [6.07, 6.45) is 5.53. The van der Waals surface area contributed by atoms with Gasteiger partial charge in [-0.3, -0.25) is 4.79 Å².